The molecule has 0 aliphatic carbocycles. The average molecular weight is 338 g/mol. The molecule has 3 N–H and O–H groups in total. The highest BCUT2D eigenvalue weighted by molar-refractivity contribution is 6.31. The van der Waals surface area contributed by atoms with Crippen molar-refractivity contribution in [2.75, 3.05) is 19.6 Å². The summed E-state index contributed by atoms with van der Waals surface area (Å²) in [5, 5.41) is 9.25. The van der Waals surface area contributed by atoms with E-state index in [2.05, 4.69) is 39.2 Å². The lowest BCUT2D eigenvalue weighted by atomic mass is 10.0. The van der Waals surface area contributed by atoms with Gasteiger partial charge in [0.15, 0.2) is 0 Å². The SMILES string of the molecule is CCN(CC)C(CNC(=O)c1n[nH]c(=O)[nH]1)c1ccccc1Cl. The van der Waals surface area contributed by atoms with Crippen molar-refractivity contribution in [3.8, 4) is 0 Å². The zero-order chi connectivity index (χ0) is 16.8. The topological polar surface area (TPSA) is 93.9 Å². The van der Waals surface area contributed by atoms with Gasteiger partial charge in [0.25, 0.3) is 5.91 Å². The van der Waals surface area contributed by atoms with Gasteiger partial charge in [-0.2, -0.15) is 0 Å². The molecule has 1 amide bonds. The van der Waals surface area contributed by atoms with Crippen LogP contribution in [-0.4, -0.2) is 45.6 Å². The first-order valence-corrected chi connectivity index (χ1v) is 7.86. The van der Waals surface area contributed by atoms with Crippen LogP contribution in [0, 0.1) is 0 Å². The Morgan fingerprint density at radius 3 is 2.61 bits per heavy atom. The Balaban J connectivity index is 2.16. The van der Waals surface area contributed by atoms with Crippen LogP contribution in [0.1, 0.15) is 36.1 Å². The first kappa shape index (κ1) is 17.2. The van der Waals surface area contributed by atoms with Crippen LogP contribution in [0.3, 0.4) is 0 Å². The van der Waals surface area contributed by atoms with Crippen molar-refractivity contribution in [1.82, 2.24) is 25.4 Å². The van der Waals surface area contributed by atoms with Crippen LogP contribution < -0.4 is 11.0 Å². The number of H-pyrrole nitrogens is 2. The summed E-state index contributed by atoms with van der Waals surface area (Å²) in [6.07, 6.45) is 0. The molecule has 1 atom stereocenters. The van der Waals surface area contributed by atoms with Gasteiger partial charge in [0.1, 0.15) is 0 Å². The van der Waals surface area contributed by atoms with Gasteiger partial charge >= 0.3 is 5.69 Å². The van der Waals surface area contributed by atoms with E-state index in [9.17, 15) is 9.59 Å². The minimum atomic E-state index is -0.512. The molecule has 1 heterocycles. The monoisotopic (exact) mass is 337 g/mol. The summed E-state index contributed by atoms with van der Waals surface area (Å²) in [5.74, 6) is -0.472. The van der Waals surface area contributed by atoms with Crippen LogP contribution >= 0.6 is 11.6 Å². The maximum absolute atomic E-state index is 12.1. The molecular weight excluding hydrogens is 318 g/mol. The Labute approximate surface area is 139 Å². The molecule has 0 spiro atoms. The quantitative estimate of drug-likeness (QED) is 0.714. The number of hydrogen-bond donors (Lipinski definition) is 3. The smallest absolute Gasteiger partial charge is 0.341 e. The van der Waals surface area contributed by atoms with E-state index in [0.717, 1.165) is 18.7 Å². The third kappa shape index (κ3) is 4.20. The van der Waals surface area contributed by atoms with Gasteiger partial charge in [-0.05, 0) is 24.7 Å². The number of aromatic amines is 2. The Morgan fingerprint density at radius 1 is 1.35 bits per heavy atom. The van der Waals surface area contributed by atoms with Crippen molar-refractivity contribution < 1.29 is 4.79 Å². The second-order valence-electron chi connectivity index (χ2n) is 4.99. The number of nitrogens with one attached hydrogen (secondary N) is 3. The summed E-state index contributed by atoms with van der Waals surface area (Å²) < 4.78 is 0. The molecule has 0 saturated heterocycles. The summed E-state index contributed by atoms with van der Waals surface area (Å²) in [6.45, 7) is 6.11. The number of aromatic nitrogens is 3. The van der Waals surface area contributed by atoms with Gasteiger partial charge in [-0.3, -0.25) is 14.7 Å². The lowest BCUT2D eigenvalue weighted by molar-refractivity contribution is 0.0925. The number of halogens is 1. The molecule has 0 aliphatic rings. The van der Waals surface area contributed by atoms with Crippen molar-refractivity contribution in [3.05, 3.63) is 51.2 Å². The van der Waals surface area contributed by atoms with Gasteiger partial charge in [0.05, 0.1) is 6.04 Å². The summed E-state index contributed by atoms with van der Waals surface area (Å²) in [4.78, 5) is 27.6. The number of carbonyl (C=O) groups is 1. The molecule has 7 nitrogen and oxygen atoms in total. The van der Waals surface area contributed by atoms with Gasteiger partial charge in [0.2, 0.25) is 5.82 Å². The highest BCUT2D eigenvalue weighted by atomic mass is 35.5. The van der Waals surface area contributed by atoms with Crippen molar-refractivity contribution in [2.24, 2.45) is 0 Å². The van der Waals surface area contributed by atoms with Crippen LogP contribution in [0.2, 0.25) is 5.02 Å². The highest BCUT2D eigenvalue weighted by Gasteiger charge is 2.21. The van der Waals surface area contributed by atoms with Gasteiger partial charge < -0.3 is 5.32 Å². The molecule has 2 rings (SSSR count). The lowest BCUT2D eigenvalue weighted by Gasteiger charge is -2.30. The fraction of sp³-hybridized carbons (Fsp3) is 0.400. The Kier molecular flexibility index (Phi) is 5.95. The summed E-state index contributed by atoms with van der Waals surface area (Å²) >= 11 is 6.31. The van der Waals surface area contributed by atoms with Crippen LogP contribution in [0.4, 0.5) is 0 Å². The van der Waals surface area contributed by atoms with Crippen molar-refractivity contribution in [2.45, 2.75) is 19.9 Å². The maximum atomic E-state index is 12.1. The fourth-order valence-electron chi connectivity index (χ4n) is 2.50. The van der Waals surface area contributed by atoms with Crippen LogP contribution in [0.15, 0.2) is 29.1 Å². The van der Waals surface area contributed by atoms with Crippen LogP contribution in [0.25, 0.3) is 0 Å². The number of likely N-dealkylation sites (N-methyl/N-ethyl adjacent to an activating group) is 1. The predicted octanol–water partition coefficient (Wildman–Crippen LogP) is 1.56. The molecule has 1 unspecified atom stereocenters. The van der Waals surface area contributed by atoms with Crippen molar-refractivity contribution in [1.29, 1.82) is 0 Å². The number of benzene rings is 1. The zero-order valence-corrected chi connectivity index (χ0v) is 13.9. The van der Waals surface area contributed by atoms with E-state index in [1.807, 2.05) is 24.3 Å². The molecule has 1 aromatic carbocycles. The van der Waals surface area contributed by atoms with E-state index in [1.165, 1.54) is 0 Å². The number of hydrogen-bond acceptors (Lipinski definition) is 4. The van der Waals surface area contributed by atoms with E-state index in [1.54, 1.807) is 0 Å². The normalized spacial score (nSPS) is 12.3. The van der Waals surface area contributed by atoms with Gasteiger partial charge in [0, 0.05) is 11.6 Å². The van der Waals surface area contributed by atoms with Gasteiger partial charge in [-0.15, -0.1) is 5.10 Å². The third-order valence-electron chi connectivity index (χ3n) is 3.69. The van der Waals surface area contributed by atoms with Crippen LogP contribution in [0.5, 0.6) is 0 Å². The molecule has 0 saturated carbocycles. The minimum Gasteiger partial charge on any atom is -0.347 e. The second-order valence-corrected chi connectivity index (χ2v) is 5.40. The summed E-state index contributed by atoms with van der Waals surface area (Å²) in [5.41, 5.74) is 0.440. The largest absolute Gasteiger partial charge is 0.347 e. The van der Waals surface area contributed by atoms with E-state index < -0.39 is 11.6 Å². The van der Waals surface area contributed by atoms with E-state index in [-0.39, 0.29) is 11.9 Å². The Bertz CT molecular complexity index is 708. The third-order valence-corrected chi connectivity index (χ3v) is 4.03. The molecule has 1 aromatic heterocycles. The summed E-state index contributed by atoms with van der Waals surface area (Å²) in [7, 11) is 0. The lowest BCUT2D eigenvalue weighted by Crippen LogP contribution is -2.38. The Morgan fingerprint density at radius 2 is 2.04 bits per heavy atom. The highest BCUT2D eigenvalue weighted by Crippen LogP contribution is 2.26. The molecule has 2 aromatic rings. The second kappa shape index (κ2) is 7.94. The molecule has 0 radical (unpaired) electrons. The number of amides is 1. The number of rotatable bonds is 7. The van der Waals surface area contributed by atoms with Crippen molar-refractivity contribution >= 4 is 17.5 Å². The zero-order valence-electron chi connectivity index (χ0n) is 13.1. The Hall–Kier alpha value is -2.12. The average Bonchev–Trinajstić information content (AvgIpc) is 2.98. The molecule has 0 bridgehead atoms. The first-order chi connectivity index (χ1) is 11.1. The van der Waals surface area contributed by atoms with E-state index in [0.29, 0.717) is 11.6 Å². The number of carbonyl (C=O) groups excluding carboxylic acids is 1. The van der Waals surface area contributed by atoms with E-state index in [4.69, 9.17) is 11.6 Å². The molecular formula is C15H20ClN5O2. The minimum absolute atomic E-state index is 0.0348. The van der Waals surface area contributed by atoms with Crippen LogP contribution in [-0.2, 0) is 0 Å². The number of nitrogens with zero attached hydrogens (tertiary/aromatic N) is 2. The maximum Gasteiger partial charge on any atom is 0.341 e. The standard InChI is InChI=1S/C15H20ClN5O2/c1-3-21(4-2)12(10-7-5-6-8-11(10)16)9-17-14(22)13-18-15(23)20-19-13/h5-8,12H,3-4,9H2,1-2H3,(H,17,22)(H2,18,19,20,23). The van der Waals surface area contributed by atoms with Crippen molar-refractivity contribution in [3.63, 3.8) is 0 Å². The summed E-state index contributed by atoms with van der Waals surface area (Å²) in [6, 6.07) is 7.52. The van der Waals surface area contributed by atoms with E-state index >= 15 is 0 Å². The molecule has 0 aliphatic heterocycles. The molecule has 23 heavy (non-hydrogen) atoms. The molecule has 124 valence electrons. The fourth-order valence-corrected chi connectivity index (χ4v) is 2.76. The molecule has 8 heteroatoms. The molecule has 0 fully saturated rings. The van der Waals surface area contributed by atoms with Gasteiger partial charge in [-0.25, -0.2) is 9.89 Å². The van der Waals surface area contributed by atoms with Gasteiger partial charge in [-0.1, -0.05) is 43.6 Å². The first-order valence-electron chi connectivity index (χ1n) is 7.48. The predicted molar refractivity (Wildman–Crippen MR) is 88.7 cm³/mol.